The Bertz CT molecular complexity index is 548. The third-order valence-electron chi connectivity index (χ3n) is 4.03. The highest BCUT2D eigenvalue weighted by Crippen LogP contribution is 2.19. The number of rotatable bonds is 4. The summed E-state index contributed by atoms with van der Waals surface area (Å²) in [6, 6.07) is 7.08. The lowest BCUT2D eigenvalue weighted by Gasteiger charge is -2.33. The minimum Gasteiger partial charge on any atom is -0.399 e. The molecule has 0 spiro atoms. The number of halogens is 1. The normalized spacial score (nSPS) is 17.5. The van der Waals surface area contributed by atoms with Crippen LogP contribution in [0.15, 0.2) is 24.3 Å². The zero-order valence-corrected chi connectivity index (χ0v) is 14.6. The third kappa shape index (κ3) is 5.43. The molecule has 1 atom stereocenters. The van der Waals surface area contributed by atoms with Gasteiger partial charge in [-0.25, -0.2) is 0 Å². The van der Waals surface area contributed by atoms with E-state index in [0.717, 1.165) is 19.4 Å². The molecule has 1 aromatic rings. The van der Waals surface area contributed by atoms with E-state index in [2.05, 4.69) is 5.32 Å². The lowest BCUT2D eigenvalue weighted by Crippen LogP contribution is -2.44. The molecule has 2 amide bonds. The largest absolute Gasteiger partial charge is 0.399 e. The molecule has 1 saturated heterocycles. The molecule has 0 radical (unpaired) electrons. The van der Waals surface area contributed by atoms with Crippen LogP contribution in [0.2, 0.25) is 0 Å². The van der Waals surface area contributed by atoms with Crippen molar-refractivity contribution in [1.29, 1.82) is 0 Å². The van der Waals surface area contributed by atoms with Crippen LogP contribution in [0, 0.1) is 11.8 Å². The molecule has 0 bridgehead atoms. The average molecular weight is 340 g/mol. The van der Waals surface area contributed by atoms with Gasteiger partial charge in [0, 0.05) is 36.8 Å². The van der Waals surface area contributed by atoms with Crippen molar-refractivity contribution in [3.63, 3.8) is 0 Å². The number of likely N-dealkylation sites (tertiary alicyclic amines) is 1. The van der Waals surface area contributed by atoms with Gasteiger partial charge in [-0.15, -0.1) is 12.4 Å². The summed E-state index contributed by atoms with van der Waals surface area (Å²) in [7, 11) is 0. The first-order valence-electron chi connectivity index (χ1n) is 7.90. The van der Waals surface area contributed by atoms with E-state index in [1.165, 1.54) is 0 Å². The first-order valence-corrected chi connectivity index (χ1v) is 7.90. The van der Waals surface area contributed by atoms with Crippen LogP contribution >= 0.6 is 12.4 Å². The first kappa shape index (κ1) is 19.3. The number of nitrogens with zero attached hydrogens (tertiary/aromatic N) is 1. The molecule has 1 aliphatic heterocycles. The second kappa shape index (κ2) is 8.77. The average Bonchev–Trinajstić information content (AvgIpc) is 2.52. The molecule has 1 unspecified atom stereocenters. The summed E-state index contributed by atoms with van der Waals surface area (Å²) in [5.41, 5.74) is 6.98. The van der Waals surface area contributed by atoms with Gasteiger partial charge < -0.3 is 16.0 Å². The molecular formula is C17H26ClN3O2. The number of piperidine rings is 1. The standard InChI is InChI=1S/C17H25N3O2.ClH/c1-12(2)16(21)19-10-13-5-4-8-20(11-13)17(22)14-6-3-7-15(18)9-14;/h3,6-7,9,12-13H,4-5,8,10-11,18H2,1-2H3,(H,19,21);1H. The number of nitrogen functional groups attached to an aromatic ring is 1. The number of amides is 2. The highest BCUT2D eigenvalue weighted by atomic mass is 35.5. The molecule has 0 saturated carbocycles. The van der Waals surface area contributed by atoms with E-state index in [-0.39, 0.29) is 30.1 Å². The minimum atomic E-state index is -0.00591. The van der Waals surface area contributed by atoms with Gasteiger partial charge in [-0.05, 0) is 37.0 Å². The second-order valence-electron chi connectivity index (χ2n) is 6.28. The first-order chi connectivity index (χ1) is 10.5. The van der Waals surface area contributed by atoms with Gasteiger partial charge in [-0.2, -0.15) is 0 Å². The summed E-state index contributed by atoms with van der Waals surface area (Å²) in [6.07, 6.45) is 2.01. The van der Waals surface area contributed by atoms with Gasteiger partial charge in [0.15, 0.2) is 0 Å². The highest BCUT2D eigenvalue weighted by Gasteiger charge is 2.25. The number of nitrogens with one attached hydrogen (secondary N) is 1. The fourth-order valence-corrected chi connectivity index (χ4v) is 2.72. The Morgan fingerprint density at radius 3 is 2.78 bits per heavy atom. The van der Waals surface area contributed by atoms with E-state index in [1.807, 2.05) is 18.7 Å². The molecular weight excluding hydrogens is 314 g/mol. The molecule has 5 nitrogen and oxygen atoms in total. The molecule has 23 heavy (non-hydrogen) atoms. The summed E-state index contributed by atoms with van der Waals surface area (Å²) in [4.78, 5) is 26.0. The third-order valence-corrected chi connectivity index (χ3v) is 4.03. The maximum atomic E-state index is 12.5. The number of anilines is 1. The molecule has 1 fully saturated rings. The lowest BCUT2D eigenvalue weighted by molar-refractivity contribution is -0.124. The summed E-state index contributed by atoms with van der Waals surface area (Å²) in [5.74, 6) is 0.404. The van der Waals surface area contributed by atoms with E-state index in [9.17, 15) is 9.59 Å². The minimum absolute atomic E-state index is 0. The van der Waals surface area contributed by atoms with Crippen LogP contribution in [0.4, 0.5) is 5.69 Å². The molecule has 1 aliphatic rings. The van der Waals surface area contributed by atoms with Crippen molar-refractivity contribution in [2.45, 2.75) is 26.7 Å². The maximum Gasteiger partial charge on any atom is 0.253 e. The van der Waals surface area contributed by atoms with Crippen molar-refractivity contribution in [2.75, 3.05) is 25.4 Å². The van der Waals surface area contributed by atoms with Crippen molar-refractivity contribution >= 4 is 29.9 Å². The number of nitrogens with two attached hydrogens (primary N) is 1. The Hall–Kier alpha value is -1.75. The fraction of sp³-hybridized carbons (Fsp3) is 0.529. The molecule has 3 N–H and O–H groups in total. The molecule has 6 heteroatoms. The van der Waals surface area contributed by atoms with Crippen molar-refractivity contribution in [1.82, 2.24) is 10.2 Å². The predicted molar refractivity (Wildman–Crippen MR) is 94.6 cm³/mol. The van der Waals surface area contributed by atoms with Crippen LogP contribution in [-0.2, 0) is 4.79 Å². The Balaban J connectivity index is 0.00000264. The van der Waals surface area contributed by atoms with Gasteiger partial charge in [0.2, 0.25) is 5.91 Å². The predicted octanol–water partition coefficient (Wildman–Crippen LogP) is 2.31. The Kier molecular flexibility index (Phi) is 7.36. The monoisotopic (exact) mass is 339 g/mol. The van der Waals surface area contributed by atoms with E-state index in [0.29, 0.717) is 30.3 Å². The zero-order valence-electron chi connectivity index (χ0n) is 13.7. The smallest absolute Gasteiger partial charge is 0.253 e. The van der Waals surface area contributed by atoms with Crippen molar-refractivity contribution < 1.29 is 9.59 Å². The van der Waals surface area contributed by atoms with Gasteiger partial charge >= 0.3 is 0 Å². The summed E-state index contributed by atoms with van der Waals surface area (Å²) in [6.45, 7) is 5.85. The van der Waals surface area contributed by atoms with Crippen molar-refractivity contribution in [2.24, 2.45) is 11.8 Å². The van der Waals surface area contributed by atoms with Crippen LogP contribution in [0.5, 0.6) is 0 Å². The summed E-state index contributed by atoms with van der Waals surface area (Å²) < 4.78 is 0. The Morgan fingerprint density at radius 2 is 2.13 bits per heavy atom. The van der Waals surface area contributed by atoms with Gasteiger partial charge in [0.1, 0.15) is 0 Å². The van der Waals surface area contributed by atoms with Gasteiger partial charge in [0.05, 0.1) is 0 Å². The number of hydrogen-bond donors (Lipinski definition) is 2. The SMILES string of the molecule is CC(C)C(=O)NCC1CCCN(C(=O)c2cccc(N)c2)C1.Cl. The quantitative estimate of drug-likeness (QED) is 0.826. The summed E-state index contributed by atoms with van der Waals surface area (Å²) >= 11 is 0. The van der Waals surface area contributed by atoms with Crippen LogP contribution < -0.4 is 11.1 Å². The van der Waals surface area contributed by atoms with E-state index in [1.54, 1.807) is 24.3 Å². The van der Waals surface area contributed by atoms with E-state index in [4.69, 9.17) is 5.73 Å². The van der Waals surface area contributed by atoms with Crippen molar-refractivity contribution in [3.8, 4) is 0 Å². The van der Waals surface area contributed by atoms with Crippen LogP contribution in [0.3, 0.4) is 0 Å². The second-order valence-corrected chi connectivity index (χ2v) is 6.28. The molecule has 128 valence electrons. The molecule has 0 aromatic heterocycles. The van der Waals surface area contributed by atoms with Gasteiger partial charge in [-0.1, -0.05) is 19.9 Å². The maximum absolute atomic E-state index is 12.5. The summed E-state index contributed by atoms with van der Waals surface area (Å²) in [5, 5.41) is 2.96. The number of benzene rings is 1. The highest BCUT2D eigenvalue weighted by molar-refractivity contribution is 5.95. The topological polar surface area (TPSA) is 75.4 Å². The number of carbonyl (C=O) groups excluding carboxylic acids is 2. The van der Waals surface area contributed by atoms with Gasteiger partial charge in [0.25, 0.3) is 5.91 Å². The zero-order chi connectivity index (χ0) is 16.1. The molecule has 2 rings (SSSR count). The van der Waals surface area contributed by atoms with E-state index >= 15 is 0 Å². The molecule has 1 heterocycles. The fourth-order valence-electron chi connectivity index (χ4n) is 2.72. The van der Waals surface area contributed by atoms with Crippen molar-refractivity contribution in [3.05, 3.63) is 29.8 Å². The van der Waals surface area contributed by atoms with Crippen LogP contribution in [0.1, 0.15) is 37.0 Å². The van der Waals surface area contributed by atoms with E-state index < -0.39 is 0 Å². The lowest BCUT2D eigenvalue weighted by atomic mass is 9.97. The Morgan fingerprint density at radius 1 is 1.39 bits per heavy atom. The Labute approximate surface area is 144 Å². The molecule has 1 aromatic carbocycles. The van der Waals surface area contributed by atoms with Crippen LogP contribution in [0.25, 0.3) is 0 Å². The molecule has 0 aliphatic carbocycles. The number of carbonyl (C=O) groups is 2. The van der Waals surface area contributed by atoms with Crippen LogP contribution in [-0.4, -0.2) is 36.3 Å². The van der Waals surface area contributed by atoms with Gasteiger partial charge in [-0.3, -0.25) is 9.59 Å². The number of hydrogen-bond acceptors (Lipinski definition) is 3.